The van der Waals surface area contributed by atoms with E-state index in [9.17, 15) is 28.2 Å². The fourth-order valence-corrected chi connectivity index (χ4v) is 5.38. The number of aliphatic hydroxyl groups is 1. The Morgan fingerprint density at radius 3 is 2.63 bits per heavy atom. The zero-order valence-electron chi connectivity index (χ0n) is 20.6. The number of nitrogens with one attached hydrogen (secondary N) is 1. The molecule has 0 fully saturated rings. The van der Waals surface area contributed by atoms with Crippen LogP contribution in [0.4, 0.5) is 24.8 Å². The quantitative estimate of drug-likeness (QED) is 0.251. The molecule has 2 aromatic carbocycles. The van der Waals surface area contributed by atoms with Crippen molar-refractivity contribution in [3.05, 3.63) is 88.8 Å². The molecule has 0 saturated heterocycles. The third-order valence-electron chi connectivity index (χ3n) is 6.16. The van der Waals surface area contributed by atoms with Crippen molar-refractivity contribution in [1.82, 2.24) is 9.97 Å². The number of fused-ring (bicyclic) bond motifs is 1. The fourth-order valence-electron chi connectivity index (χ4n) is 4.44. The number of aromatic carboxylic acids is 1. The molecular weight excluding hydrogens is 517 g/mol. The molecule has 0 amide bonds. The lowest BCUT2D eigenvalue weighted by Crippen LogP contribution is -2.37. The van der Waals surface area contributed by atoms with Crippen LogP contribution in [0.25, 0.3) is 4.91 Å². The molecule has 1 aromatic heterocycles. The number of alkyl halides is 3. The van der Waals surface area contributed by atoms with Crippen molar-refractivity contribution in [2.45, 2.75) is 38.0 Å². The van der Waals surface area contributed by atoms with Gasteiger partial charge in [0, 0.05) is 23.8 Å². The van der Waals surface area contributed by atoms with E-state index in [4.69, 9.17) is 0 Å². The van der Waals surface area contributed by atoms with Crippen molar-refractivity contribution in [2.24, 2.45) is 4.99 Å². The van der Waals surface area contributed by atoms with E-state index in [-0.39, 0.29) is 11.5 Å². The zero-order valence-corrected chi connectivity index (χ0v) is 21.5. The van der Waals surface area contributed by atoms with Gasteiger partial charge in [-0.05, 0) is 78.8 Å². The molecule has 3 N–H and O–H groups in total. The Morgan fingerprint density at radius 1 is 1.18 bits per heavy atom. The smallest absolute Gasteiger partial charge is 0.433 e. The lowest BCUT2D eigenvalue weighted by atomic mass is 9.79. The van der Waals surface area contributed by atoms with Gasteiger partial charge in [0.05, 0.1) is 5.56 Å². The highest BCUT2D eigenvalue weighted by Crippen LogP contribution is 2.43. The van der Waals surface area contributed by atoms with E-state index in [1.54, 1.807) is 31.3 Å². The Morgan fingerprint density at radius 2 is 1.95 bits per heavy atom. The lowest BCUT2D eigenvalue weighted by molar-refractivity contribution is -0.141. The van der Waals surface area contributed by atoms with Crippen LogP contribution >= 0.6 is 11.8 Å². The molecule has 7 nitrogen and oxygen atoms in total. The van der Waals surface area contributed by atoms with Crippen LogP contribution in [0.1, 0.15) is 51.1 Å². The highest BCUT2D eigenvalue weighted by molar-refractivity contribution is 8.21. The second-order valence-corrected chi connectivity index (χ2v) is 10.0. The van der Waals surface area contributed by atoms with E-state index in [1.165, 1.54) is 17.8 Å². The monoisotopic (exact) mass is 542 g/mol. The van der Waals surface area contributed by atoms with Crippen molar-refractivity contribution >= 4 is 39.3 Å². The normalized spacial score (nSPS) is 17.6. The number of rotatable bonds is 6. The maximum Gasteiger partial charge on any atom is 0.433 e. The summed E-state index contributed by atoms with van der Waals surface area (Å²) < 4.78 is 39.1. The van der Waals surface area contributed by atoms with Crippen molar-refractivity contribution in [3.63, 3.8) is 0 Å². The molecule has 38 heavy (non-hydrogen) atoms. The van der Waals surface area contributed by atoms with E-state index in [2.05, 4.69) is 26.9 Å². The molecule has 0 bridgehead atoms. The summed E-state index contributed by atoms with van der Waals surface area (Å²) in [6.45, 7) is 5.99. The number of aliphatic imine (C=N–C) groups is 1. The van der Waals surface area contributed by atoms with E-state index in [0.29, 0.717) is 46.0 Å². The second kappa shape index (κ2) is 10.6. The number of aryl methyl sites for hydroxylation is 2. The summed E-state index contributed by atoms with van der Waals surface area (Å²) >= 11 is 1.19. The molecule has 0 radical (unpaired) electrons. The van der Waals surface area contributed by atoms with Gasteiger partial charge in [-0.1, -0.05) is 30.5 Å². The fraction of sp³-hybridized carbons (Fsp3) is 0.259. The maximum absolute atomic E-state index is 13.0. The molecule has 11 heteroatoms. The van der Waals surface area contributed by atoms with Gasteiger partial charge in [0.25, 0.3) is 0 Å². The first-order chi connectivity index (χ1) is 17.9. The molecule has 0 aliphatic heterocycles. The van der Waals surface area contributed by atoms with E-state index >= 15 is 0 Å². The standard InChI is InChI=1S/C27H25F3N4O3S/c1-15-11-19(14-20(12-15)33-25-32-10-8-22(34-25)27(28,29)30)16(2)38-24(31-3)26(37)9-4-5-17-13-18(23(35)36)6-7-21(17)26/h6-8,10-14,37H,2,4-5,9H2,1,3H3,(H,35,36)(H,32,33,34). The molecule has 1 aliphatic carbocycles. The first-order valence-electron chi connectivity index (χ1n) is 11.6. The summed E-state index contributed by atoms with van der Waals surface area (Å²) in [6.07, 6.45) is -1.85. The van der Waals surface area contributed by atoms with Crippen LogP contribution < -0.4 is 5.32 Å². The van der Waals surface area contributed by atoms with Crippen LogP contribution in [0, 0.1) is 6.92 Å². The Labute approximate surface area is 221 Å². The van der Waals surface area contributed by atoms with Gasteiger partial charge in [-0.2, -0.15) is 13.2 Å². The van der Waals surface area contributed by atoms with E-state index in [1.807, 2.05) is 13.0 Å². The largest absolute Gasteiger partial charge is 0.478 e. The number of hydrogen-bond acceptors (Lipinski definition) is 7. The molecule has 0 saturated carbocycles. The Kier molecular flexibility index (Phi) is 7.61. The van der Waals surface area contributed by atoms with Gasteiger partial charge >= 0.3 is 12.1 Å². The van der Waals surface area contributed by atoms with Crippen molar-refractivity contribution in [2.75, 3.05) is 12.4 Å². The number of carboxylic acids is 1. The van der Waals surface area contributed by atoms with Crippen LogP contribution in [-0.2, 0) is 18.2 Å². The van der Waals surface area contributed by atoms with E-state index in [0.717, 1.165) is 23.4 Å². The average Bonchev–Trinajstić information content (AvgIpc) is 2.86. The predicted molar refractivity (Wildman–Crippen MR) is 142 cm³/mol. The number of thioether (sulfide) groups is 1. The van der Waals surface area contributed by atoms with Crippen LogP contribution in [0.3, 0.4) is 0 Å². The summed E-state index contributed by atoms with van der Waals surface area (Å²) in [7, 11) is 1.57. The minimum absolute atomic E-state index is 0.157. The lowest BCUT2D eigenvalue weighted by Gasteiger charge is -2.35. The number of anilines is 2. The molecule has 198 valence electrons. The summed E-state index contributed by atoms with van der Waals surface area (Å²) in [5, 5.41) is 24.3. The molecular formula is C27H25F3N4O3S. The summed E-state index contributed by atoms with van der Waals surface area (Å²) in [5.41, 5.74) is 1.02. The van der Waals surface area contributed by atoms with Gasteiger partial charge in [-0.3, -0.25) is 4.99 Å². The van der Waals surface area contributed by atoms with Crippen LogP contribution in [-0.4, -0.2) is 38.2 Å². The third-order valence-corrected chi connectivity index (χ3v) is 7.36. The number of carbonyl (C=O) groups is 1. The van der Waals surface area contributed by atoms with Crippen LogP contribution in [0.2, 0.25) is 0 Å². The number of benzene rings is 2. The van der Waals surface area contributed by atoms with Crippen molar-refractivity contribution in [1.29, 1.82) is 0 Å². The molecule has 3 aromatic rings. The summed E-state index contributed by atoms with van der Waals surface area (Å²) in [6, 6.07) is 10.8. The number of hydrogen-bond donors (Lipinski definition) is 3. The first kappa shape index (κ1) is 27.3. The minimum Gasteiger partial charge on any atom is -0.478 e. The van der Waals surface area contributed by atoms with Gasteiger partial charge in [-0.25, -0.2) is 14.8 Å². The highest BCUT2D eigenvalue weighted by Gasteiger charge is 2.40. The minimum atomic E-state index is -4.59. The van der Waals surface area contributed by atoms with E-state index < -0.39 is 23.4 Å². The average molecular weight is 543 g/mol. The summed E-state index contributed by atoms with van der Waals surface area (Å²) in [4.78, 5) is 23.8. The van der Waals surface area contributed by atoms with Gasteiger partial charge in [-0.15, -0.1) is 0 Å². The first-order valence-corrected chi connectivity index (χ1v) is 12.4. The number of halogens is 3. The molecule has 1 aliphatic rings. The Bertz CT molecular complexity index is 1440. The van der Waals surface area contributed by atoms with Crippen molar-refractivity contribution < 1.29 is 28.2 Å². The van der Waals surface area contributed by atoms with Crippen LogP contribution in [0.15, 0.2) is 60.2 Å². The maximum atomic E-state index is 13.0. The number of nitrogens with zero attached hydrogens (tertiary/aromatic N) is 3. The third kappa shape index (κ3) is 5.73. The van der Waals surface area contributed by atoms with Gasteiger partial charge in [0.15, 0.2) is 0 Å². The number of aromatic nitrogens is 2. The zero-order chi connectivity index (χ0) is 27.7. The Hall–Kier alpha value is -3.70. The SMILES string of the molecule is C=C(SC(=NC)C1(O)CCCc2cc(C(=O)O)ccc21)c1cc(C)cc(Nc2nccc(C(F)(F)F)n2)c1. The van der Waals surface area contributed by atoms with Gasteiger partial charge in [0.1, 0.15) is 16.3 Å². The van der Waals surface area contributed by atoms with Crippen molar-refractivity contribution in [3.8, 4) is 0 Å². The molecule has 4 rings (SSSR count). The predicted octanol–water partition coefficient (Wildman–Crippen LogP) is 6.20. The number of carboxylic acid groups (broad SMARTS) is 1. The summed E-state index contributed by atoms with van der Waals surface area (Å²) in [5.74, 6) is -1.23. The second-order valence-electron chi connectivity index (χ2n) is 8.92. The van der Waals surface area contributed by atoms with Gasteiger partial charge < -0.3 is 15.5 Å². The molecule has 1 heterocycles. The molecule has 0 spiro atoms. The van der Waals surface area contributed by atoms with Crippen LogP contribution in [0.5, 0.6) is 0 Å². The Balaban J connectivity index is 1.59. The van der Waals surface area contributed by atoms with Gasteiger partial charge in [0.2, 0.25) is 5.95 Å². The highest BCUT2D eigenvalue weighted by atomic mass is 32.2. The molecule has 1 unspecified atom stereocenters. The molecule has 1 atom stereocenters. The topological polar surface area (TPSA) is 108 Å².